The molecule has 1 heterocycles. The zero-order valence-corrected chi connectivity index (χ0v) is 44.2. The lowest BCUT2D eigenvalue weighted by Gasteiger charge is -2.28. The van der Waals surface area contributed by atoms with Crippen LogP contribution in [0.4, 0.5) is 34.1 Å². The van der Waals surface area contributed by atoms with Crippen molar-refractivity contribution in [1.82, 2.24) is 0 Å². The molecule has 0 unspecified atom stereocenters. The molecule has 75 heavy (non-hydrogen) atoms. The van der Waals surface area contributed by atoms with Gasteiger partial charge >= 0.3 is 0 Å². The van der Waals surface area contributed by atoms with Gasteiger partial charge < -0.3 is 9.80 Å². The minimum Gasteiger partial charge on any atom is -0.310 e. The minimum atomic E-state index is -0.164. The van der Waals surface area contributed by atoms with Crippen LogP contribution in [0.1, 0.15) is 83.3 Å². The van der Waals surface area contributed by atoms with Crippen molar-refractivity contribution in [3.05, 3.63) is 274 Å². The van der Waals surface area contributed by atoms with Crippen molar-refractivity contribution in [3.63, 3.8) is 0 Å². The van der Waals surface area contributed by atoms with E-state index < -0.39 is 0 Å². The standard InChI is InChI=1S/C72H58N2S/c1-47-17-29-55(30-18-47)73(53-13-9-7-10-14-53)57-33-37-61-59-35-25-51(43-65(59)71(3,4)67(61)45-57)23-21-49-27-39-69-63(41-49)64-42-50(28-40-70(64)75-69)22-24-52-26-36-60-62-38-34-58(46-68(62)72(5,6)66(60)44-52)74(54-15-11-8-12-16-54)56-31-19-48(2)20-32-56/h7-46H,1-6H3. The first-order chi connectivity index (χ1) is 36.5. The third-order valence-electron chi connectivity index (χ3n) is 16.0. The van der Waals surface area contributed by atoms with E-state index in [2.05, 4.69) is 294 Å². The Labute approximate surface area is 445 Å². The molecule has 0 N–H and O–H groups in total. The maximum absolute atomic E-state index is 2.41. The van der Waals surface area contributed by atoms with Crippen molar-refractivity contribution in [2.24, 2.45) is 0 Å². The van der Waals surface area contributed by atoms with Gasteiger partial charge in [-0.3, -0.25) is 0 Å². The fraction of sp³-hybridized carbons (Fsp3) is 0.111. The molecule has 0 saturated heterocycles. The molecule has 0 aliphatic heterocycles. The highest BCUT2D eigenvalue weighted by Crippen LogP contribution is 2.53. The molecule has 10 aromatic carbocycles. The predicted octanol–water partition coefficient (Wildman–Crippen LogP) is 20.6. The first-order valence-corrected chi connectivity index (χ1v) is 27.0. The van der Waals surface area contributed by atoms with Gasteiger partial charge in [0.1, 0.15) is 0 Å². The highest BCUT2D eigenvalue weighted by Gasteiger charge is 2.37. The smallest absolute Gasteiger partial charge is 0.0465 e. The van der Waals surface area contributed by atoms with Crippen LogP contribution in [0.25, 0.3) is 66.7 Å². The monoisotopic (exact) mass is 982 g/mol. The third kappa shape index (κ3) is 8.20. The van der Waals surface area contributed by atoms with E-state index in [9.17, 15) is 0 Å². The van der Waals surface area contributed by atoms with Gasteiger partial charge in [0.25, 0.3) is 0 Å². The van der Waals surface area contributed by atoms with Gasteiger partial charge in [-0.15, -0.1) is 11.3 Å². The van der Waals surface area contributed by atoms with Gasteiger partial charge in [0.05, 0.1) is 0 Å². The molecular formula is C72H58N2S. The molecule has 13 rings (SSSR count). The Kier molecular flexibility index (Phi) is 11.2. The van der Waals surface area contributed by atoms with Crippen LogP contribution in [-0.4, -0.2) is 0 Å². The van der Waals surface area contributed by atoms with E-state index in [4.69, 9.17) is 0 Å². The Morgan fingerprint density at radius 3 is 1.00 bits per heavy atom. The molecule has 11 aromatic rings. The molecule has 2 aliphatic rings. The number of thiophene rings is 1. The molecule has 2 nitrogen and oxygen atoms in total. The number of hydrogen-bond donors (Lipinski definition) is 0. The highest BCUT2D eigenvalue weighted by atomic mass is 32.1. The minimum absolute atomic E-state index is 0.164. The van der Waals surface area contributed by atoms with Crippen molar-refractivity contribution >= 4 is 89.9 Å². The van der Waals surface area contributed by atoms with Crippen LogP contribution in [0.5, 0.6) is 0 Å². The van der Waals surface area contributed by atoms with E-state index in [-0.39, 0.29) is 10.8 Å². The molecule has 2 aliphatic carbocycles. The first kappa shape index (κ1) is 46.3. The van der Waals surface area contributed by atoms with Gasteiger partial charge in [0.2, 0.25) is 0 Å². The molecule has 0 atom stereocenters. The molecule has 1 aromatic heterocycles. The van der Waals surface area contributed by atoms with Crippen molar-refractivity contribution in [2.45, 2.75) is 52.4 Å². The molecule has 3 heteroatoms. The normalized spacial score (nSPS) is 13.8. The summed E-state index contributed by atoms with van der Waals surface area (Å²) < 4.78 is 2.62. The van der Waals surface area contributed by atoms with Crippen molar-refractivity contribution in [1.29, 1.82) is 0 Å². The van der Waals surface area contributed by atoms with Crippen LogP contribution >= 0.6 is 11.3 Å². The summed E-state index contributed by atoms with van der Waals surface area (Å²) in [5, 5.41) is 2.60. The molecule has 0 amide bonds. The summed E-state index contributed by atoms with van der Waals surface area (Å²) in [5.41, 5.74) is 24.7. The largest absolute Gasteiger partial charge is 0.310 e. The Bertz CT molecular complexity index is 3800. The molecular weight excluding hydrogens is 925 g/mol. The lowest BCUT2D eigenvalue weighted by atomic mass is 9.81. The van der Waals surface area contributed by atoms with Crippen LogP contribution in [0.15, 0.2) is 218 Å². The van der Waals surface area contributed by atoms with Gasteiger partial charge in [0, 0.05) is 65.1 Å². The Hall–Kier alpha value is -8.50. The zero-order valence-electron chi connectivity index (χ0n) is 43.4. The second-order valence-electron chi connectivity index (χ2n) is 21.6. The molecule has 0 bridgehead atoms. The summed E-state index contributed by atoms with van der Waals surface area (Å²) in [6, 6.07) is 81.0. The topological polar surface area (TPSA) is 6.48 Å². The number of nitrogens with zero attached hydrogens (tertiary/aromatic N) is 2. The fourth-order valence-corrected chi connectivity index (χ4v) is 12.9. The van der Waals surface area contributed by atoms with Crippen LogP contribution < -0.4 is 9.80 Å². The third-order valence-corrected chi connectivity index (χ3v) is 17.1. The van der Waals surface area contributed by atoms with Gasteiger partial charge in [0.15, 0.2) is 0 Å². The van der Waals surface area contributed by atoms with Crippen molar-refractivity contribution < 1.29 is 0 Å². The number of benzene rings is 10. The van der Waals surface area contributed by atoms with Gasteiger partial charge in [-0.1, -0.05) is 184 Å². The zero-order chi connectivity index (χ0) is 51.0. The van der Waals surface area contributed by atoms with E-state index in [0.717, 1.165) is 22.7 Å². The second-order valence-corrected chi connectivity index (χ2v) is 22.7. The molecule has 0 radical (unpaired) electrons. The predicted molar refractivity (Wildman–Crippen MR) is 324 cm³/mol. The van der Waals surface area contributed by atoms with Crippen LogP contribution in [-0.2, 0) is 10.8 Å². The number of anilines is 6. The van der Waals surface area contributed by atoms with E-state index in [0.29, 0.717) is 0 Å². The lowest BCUT2D eigenvalue weighted by Crippen LogP contribution is -2.16. The summed E-state index contributed by atoms with van der Waals surface area (Å²) in [4.78, 5) is 4.74. The van der Waals surface area contributed by atoms with E-state index in [1.165, 1.54) is 109 Å². The molecule has 362 valence electrons. The molecule has 0 saturated carbocycles. The van der Waals surface area contributed by atoms with E-state index in [1.54, 1.807) is 0 Å². The maximum Gasteiger partial charge on any atom is 0.0465 e. The number of para-hydroxylation sites is 2. The highest BCUT2D eigenvalue weighted by molar-refractivity contribution is 7.25. The van der Waals surface area contributed by atoms with Gasteiger partial charge in [-0.25, -0.2) is 0 Å². The average Bonchev–Trinajstić information content (AvgIpc) is 4.10. The summed E-state index contributed by atoms with van der Waals surface area (Å²) in [7, 11) is 0. The second kappa shape index (κ2) is 18.2. The molecule has 0 spiro atoms. The van der Waals surface area contributed by atoms with Crippen LogP contribution in [0, 0.1) is 13.8 Å². The number of fused-ring (bicyclic) bond motifs is 9. The number of rotatable bonds is 10. The van der Waals surface area contributed by atoms with Crippen LogP contribution in [0.2, 0.25) is 0 Å². The van der Waals surface area contributed by atoms with Crippen LogP contribution in [0.3, 0.4) is 0 Å². The number of aryl methyl sites for hydroxylation is 2. The SMILES string of the molecule is Cc1ccc(N(c2ccccc2)c2ccc3c(c2)C(C)(C)c2cc(C=Cc4ccc5sc6ccc(C=Cc7ccc8c(c7)C(C)(C)c7cc(N(c9ccccc9)c9ccc(C)cc9)ccc7-8)cc6c5c4)ccc2-3)cc1. The average molecular weight is 983 g/mol. The van der Waals surface area contributed by atoms with E-state index >= 15 is 0 Å². The quantitative estimate of drug-likeness (QED) is 0.126. The number of hydrogen-bond acceptors (Lipinski definition) is 3. The Balaban J connectivity index is 0.750. The summed E-state index contributed by atoms with van der Waals surface area (Å²) in [6.45, 7) is 13.8. The molecule has 0 fully saturated rings. The van der Waals surface area contributed by atoms with Crippen molar-refractivity contribution in [2.75, 3.05) is 9.80 Å². The van der Waals surface area contributed by atoms with Gasteiger partial charge in [-0.2, -0.15) is 0 Å². The van der Waals surface area contributed by atoms with E-state index in [1.807, 2.05) is 11.3 Å². The summed E-state index contributed by atoms with van der Waals surface area (Å²) >= 11 is 1.87. The van der Waals surface area contributed by atoms with Crippen molar-refractivity contribution in [3.8, 4) is 22.3 Å². The Morgan fingerprint density at radius 2 is 0.613 bits per heavy atom. The fourth-order valence-electron chi connectivity index (χ4n) is 11.8. The maximum atomic E-state index is 2.41. The Morgan fingerprint density at radius 1 is 0.307 bits per heavy atom. The van der Waals surface area contributed by atoms with Gasteiger partial charge in [-0.05, 0) is 178 Å². The summed E-state index contributed by atoms with van der Waals surface area (Å²) in [6.07, 6.45) is 9.12. The summed E-state index contributed by atoms with van der Waals surface area (Å²) in [5.74, 6) is 0. The lowest BCUT2D eigenvalue weighted by molar-refractivity contribution is 0.660. The first-order valence-electron chi connectivity index (χ1n) is 26.2.